The van der Waals surface area contributed by atoms with Crippen LogP contribution in [0.5, 0.6) is 69.0 Å². The van der Waals surface area contributed by atoms with E-state index in [9.17, 15) is 56.2 Å². The van der Waals surface area contributed by atoms with E-state index in [4.69, 9.17) is 14.2 Å². The second-order valence-electron chi connectivity index (χ2n) is 19.5. The fourth-order valence-electron chi connectivity index (χ4n) is 11.6. The molecule has 0 spiro atoms. The molecule has 11 rings (SSSR count). The van der Waals surface area contributed by atoms with Gasteiger partial charge in [0.05, 0.1) is 35.9 Å². The van der Waals surface area contributed by atoms with E-state index in [2.05, 4.69) is 0 Å². The molecule has 75 heavy (non-hydrogen) atoms. The highest BCUT2D eigenvalue weighted by molar-refractivity contribution is 6.01. The summed E-state index contributed by atoms with van der Waals surface area (Å²) in [6.45, 7) is 0. The van der Waals surface area contributed by atoms with E-state index in [1.54, 1.807) is 60.7 Å². The largest absolute Gasteiger partial charge is 0.508 e. The summed E-state index contributed by atoms with van der Waals surface area (Å²) in [5.41, 5.74) is 3.23. The van der Waals surface area contributed by atoms with Crippen molar-refractivity contribution in [3.63, 3.8) is 0 Å². The number of hydrogen-bond acceptors (Lipinski definition) is 15. The standard InChI is InChI=1S/C60H50O15/c61-33-9-1-29(2-10-33)23-45-52(55(72)41-21-18-38(66)25-47(41)69)56(30-3-11-34(62)12-4-30)74-59(45)44-27-43(48(70)28-49(44)71)51(40-20-17-37(65)24-46(40)68)53-54-58(32-7-15-36(64)16-8-32)73-50-26-39(67)19-22-42(50)60(54)75-57(53)31-5-13-35(63)14-6-31/h1-22,24-28,45,51-54,56-71H,23H2/t45-,51-,52+,53-,54+,56+,57+,58+,59-,60-/m0/s1. The predicted octanol–water partition coefficient (Wildman–Crippen LogP) is 10.6. The molecule has 8 aromatic carbocycles. The first-order valence-corrected chi connectivity index (χ1v) is 24.2. The monoisotopic (exact) mass is 1010 g/mol. The third-order valence-corrected chi connectivity index (χ3v) is 15.0. The van der Waals surface area contributed by atoms with Gasteiger partial charge in [0.15, 0.2) is 5.78 Å². The van der Waals surface area contributed by atoms with Gasteiger partial charge in [-0.25, -0.2) is 0 Å². The fraction of sp³-hybridized carbons (Fsp3) is 0.183. The average molecular weight is 1010 g/mol. The molecule has 0 amide bonds. The van der Waals surface area contributed by atoms with E-state index >= 15 is 4.79 Å². The Morgan fingerprint density at radius 2 is 0.907 bits per heavy atom. The predicted molar refractivity (Wildman–Crippen MR) is 270 cm³/mol. The smallest absolute Gasteiger partial charge is 0.173 e. The molecule has 0 unspecified atom stereocenters. The van der Waals surface area contributed by atoms with Gasteiger partial charge in [-0.3, -0.25) is 4.79 Å². The molecular weight excluding hydrogens is 961 g/mol. The molecular formula is C60H50O15. The number of ketones is 1. The van der Waals surface area contributed by atoms with Crippen molar-refractivity contribution in [2.24, 2.45) is 23.7 Å². The van der Waals surface area contributed by atoms with Gasteiger partial charge in [0, 0.05) is 70.2 Å². The number of hydrogen-bond donors (Lipinski definition) is 11. The van der Waals surface area contributed by atoms with Crippen LogP contribution in [0.4, 0.5) is 0 Å². The zero-order valence-electron chi connectivity index (χ0n) is 39.6. The fourth-order valence-corrected chi connectivity index (χ4v) is 11.6. The maximum atomic E-state index is 15.2. The third-order valence-electron chi connectivity index (χ3n) is 15.0. The number of phenols is 11. The van der Waals surface area contributed by atoms with E-state index < -0.39 is 83.1 Å². The van der Waals surface area contributed by atoms with Gasteiger partial charge in [-0.1, -0.05) is 54.6 Å². The van der Waals surface area contributed by atoms with Crippen LogP contribution in [-0.2, 0) is 15.9 Å². The molecule has 3 heterocycles. The highest BCUT2D eigenvalue weighted by Gasteiger charge is 2.58. The molecule has 2 fully saturated rings. The summed E-state index contributed by atoms with van der Waals surface area (Å²) in [4.78, 5) is 15.2. The van der Waals surface area contributed by atoms with Crippen LogP contribution >= 0.6 is 0 Å². The van der Waals surface area contributed by atoms with Crippen molar-refractivity contribution in [3.05, 3.63) is 214 Å². The summed E-state index contributed by atoms with van der Waals surface area (Å²) in [6.07, 6.45) is -4.82. The van der Waals surface area contributed by atoms with Gasteiger partial charge >= 0.3 is 0 Å². The van der Waals surface area contributed by atoms with Crippen molar-refractivity contribution in [2.75, 3.05) is 0 Å². The van der Waals surface area contributed by atoms with Crippen LogP contribution in [0.25, 0.3) is 0 Å². The molecule has 10 atom stereocenters. The normalized spacial score (nSPS) is 23.2. The lowest BCUT2D eigenvalue weighted by molar-refractivity contribution is -0.00737. The lowest BCUT2D eigenvalue weighted by Crippen LogP contribution is -2.34. The number of Topliss-reactive ketones (excluding diaryl/α,β-unsaturated/α-hetero) is 1. The Bertz CT molecular complexity index is 3430. The van der Waals surface area contributed by atoms with Gasteiger partial charge in [-0.2, -0.15) is 0 Å². The minimum absolute atomic E-state index is 0.00640. The molecule has 15 heteroatoms. The van der Waals surface area contributed by atoms with Crippen LogP contribution < -0.4 is 4.74 Å². The van der Waals surface area contributed by atoms with Crippen molar-refractivity contribution in [1.82, 2.24) is 0 Å². The van der Waals surface area contributed by atoms with Gasteiger partial charge in [-0.05, 0) is 114 Å². The first-order chi connectivity index (χ1) is 36.1. The van der Waals surface area contributed by atoms with Gasteiger partial charge in [0.25, 0.3) is 0 Å². The number of carbonyl (C=O) groups excluding carboxylic acids is 1. The second-order valence-corrected chi connectivity index (χ2v) is 19.5. The van der Waals surface area contributed by atoms with Gasteiger partial charge in [0.2, 0.25) is 0 Å². The van der Waals surface area contributed by atoms with Crippen LogP contribution in [0.1, 0.15) is 91.3 Å². The number of fused-ring (bicyclic) bond motifs is 3. The van der Waals surface area contributed by atoms with Crippen molar-refractivity contribution in [1.29, 1.82) is 0 Å². The minimum atomic E-state index is -1.19. The Kier molecular flexibility index (Phi) is 12.3. The molecule has 380 valence electrons. The van der Waals surface area contributed by atoms with Crippen molar-refractivity contribution in [3.8, 4) is 69.0 Å². The molecule has 8 aromatic rings. The van der Waals surface area contributed by atoms with Gasteiger partial charge in [0.1, 0.15) is 75.1 Å². The van der Waals surface area contributed by atoms with Crippen LogP contribution in [0, 0.1) is 23.7 Å². The maximum Gasteiger partial charge on any atom is 0.173 e. The van der Waals surface area contributed by atoms with E-state index in [1.807, 2.05) is 0 Å². The molecule has 0 saturated carbocycles. The highest BCUT2D eigenvalue weighted by atomic mass is 16.5. The van der Waals surface area contributed by atoms with Crippen LogP contribution in [0.3, 0.4) is 0 Å². The lowest BCUT2D eigenvalue weighted by Gasteiger charge is -2.40. The van der Waals surface area contributed by atoms with Gasteiger partial charge in [-0.15, -0.1) is 0 Å². The van der Waals surface area contributed by atoms with Gasteiger partial charge < -0.3 is 70.4 Å². The molecule has 15 nitrogen and oxygen atoms in total. The minimum Gasteiger partial charge on any atom is -0.508 e. The van der Waals surface area contributed by atoms with Crippen LogP contribution in [-0.4, -0.2) is 62.0 Å². The number of aromatic hydroxyl groups is 11. The molecule has 3 aliphatic rings. The molecule has 3 aliphatic heterocycles. The zero-order valence-corrected chi connectivity index (χ0v) is 39.6. The highest BCUT2D eigenvalue weighted by Crippen LogP contribution is 2.65. The molecule has 0 bridgehead atoms. The summed E-state index contributed by atoms with van der Waals surface area (Å²) in [7, 11) is 0. The summed E-state index contributed by atoms with van der Waals surface area (Å²) in [5.74, 6) is -7.39. The number of ether oxygens (including phenoxy) is 3. The first kappa shape index (κ1) is 48.2. The Balaban J connectivity index is 1.14. The van der Waals surface area contributed by atoms with Crippen LogP contribution in [0.2, 0.25) is 0 Å². The molecule has 0 radical (unpaired) electrons. The SMILES string of the molecule is O=C(c1ccc(O)cc1O)[C@H]1[C@H](Cc2ccc(O)cc2)[C@H](c2cc([C@H](c3ccc(O)cc3O)[C@H]3[C@@H]4[C@@H](c5ccc(O)cc5)Oc5cc(O)ccc5[C@@H]4O[C@@H]3c3ccc(O)cc3)c(O)cc2O)O[C@@H]1c1ccc(O)cc1. The molecule has 0 aliphatic carbocycles. The van der Waals surface area contributed by atoms with E-state index in [0.29, 0.717) is 33.6 Å². The second kappa shape index (κ2) is 19.1. The van der Waals surface area contributed by atoms with Crippen molar-refractivity contribution < 1.29 is 75.2 Å². The first-order valence-electron chi connectivity index (χ1n) is 24.2. The third kappa shape index (κ3) is 8.91. The van der Waals surface area contributed by atoms with Crippen molar-refractivity contribution >= 4 is 5.78 Å². The number of phenolic OH excluding ortho intramolecular Hbond substituents is 11. The number of benzene rings is 8. The molecule has 2 saturated heterocycles. The molecule has 11 N–H and O–H groups in total. The topological polar surface area (TPSA) is 267 Å². The zero-order chi connectivity index (χ0) is 52.4. The van der Waals surface area contributed by atoms with E-state index in [-0.39, 0.29) is 74.7 Å². The number of rotatable bonds is 11. The lowest BCUT2D eigenvalue weighted by atomic mass is 9.66. The summed E-state index contributed by atoms with van der Waals surface area (Å²) in [6, 6.07) is 40.4. The van der Waals surface area contributed by atoms with E-state index in [0.717, 1.165) is 12.1 Å². The number of carbonyl (C=O) groups is 1. The van der Waals surface area contributed by atoms with Crippen LogP contribution in [0.15, 0.2) is 164 Å². The molecule has 0 aromatic heterocycles. The Morgan fingerprint density at radius 1 is 0.413 bits per heavy atom. The quantitative estimate of drug-likeness (QED) is 0.0538. The van der Waals surface area contributed by atoms with E-state index in [1.165, 1.54) is 91.0 Å². The van der Waals surface area contributed by atoms with Crippen molar-refractivity contribution in [2.45, 2.75) is 42.9 Å². The Morgan fingerprint density at radius 3 is 1.51 bits per heavy atom. The Labute approximate surface area is 428 Å². The summed E-state index contributed by atoms with van der Waals surface area (Å²) in [5, 5.41) is 121. The Hall–Kier alpha value is -9.05. The summed E-state index contributed by atoms with van der Waals surface area (Å²) < 4.78 is 21.1. The summed E-state index contributed by atoms with van der Waals surface area (Å²) >= 11 is 0. The maximum absolute atomic E-state index is 15.2. The average Bonchev–Trinajstić information content (AvgIpc) is 3.98.